The Hall–Kier alpha value is -4.03. The number of nitrogens with one attached hydrogen (secondary N) is 1. The molecule has 1 aromatic heterocycles. The topological polar surface area (TPSA) is 54.3 Å². The minimum Gasteiger partial charge on any atom is -0.344 e. The molecule has 0 bridgehead atoms. The molecule has 6 heteroatoms. The first-order valence-corrected chi connectivity index (χ1v) is 14.8. The Labute approximate surface area is 240 Å². The van der Waals surface area contributed by atoms with Crippen molar-refractivity contribution in [2.45, 2.75) is 44.3 Å². The van der Waals surface area contributed by atoms with Crippen molar-refractivity contribution in [3.63, 3.8) is 0 Å². The number of aromatic nitrogens is 1. The summed E-state index contributed by atoms with van der Waals surface area (Å²) in [7, 11) is 0. The minimum absolute atomic E-state index is 0.0638. The normalized spacial score (nSPS) is 11.9. The zero-order valence-corrected chi connectivity index (χ0v) is 23.9. The van der Waals surface area contributed by atoms with Gasteiger partial charge in [0.2, 0.25) is 11.8 Å². The Morgan fingerprint density at radius 2 is 1.48 bits per heavy atom. The van der Waals surface area contributed by atoms with Crippen molar-refractivity contribution in [3.05, 3.63) is 114 Å². The fourth-order valence-electron chi connectivity index (χ4n) is 5.26. The summed E-state index contributed by atoms with van der Waals surface area (Å²) in [4.78, 5) is 29.1. The fraction of sp³-hybridized carbons (Fsp3) is 0.235. The van der Waals surface area contributed by atoms with Crippen molar-refractivity contribution in [2.75, 3.05) is 12.3 Å². The maximum atomic E-state index is 13.9. The van der Waals surface area contributed by atoms with Crippen molar-refractivity contribution in [2.24, 2.45) is 0 Å². The summed E-state index contributed by atoms with van der Waals surface area (Å²) >= 11 is 1.61. The van der Waals surface area contributed by atoms with E-state index in [4.69, 9.17) is 0 Å². The van der Waals surface area contributed by atoms with E-state index in [9.17, 15) is 9.59 Å². The van der Waals surface area contributed by atoms with Crippen LogP contribution in [0, 0.1) is 0 Å². The fourth-order valence-corrected chi connectivity index (χ4v) is 6.21. The van der Waals surface area contributed by atoms with Gasteiger partial charge in [-0.3, -0.25) is 9.59 Å². The molecule has 5 aromatic rings. The molecule has 0 aliphatic heterocycles. The average Bonchev–Trinajstić information content (AvgIpc) is 3.31. The maximum absolute atomic E-state index is 13.9. The quantitative estimate of drug-likeness (QED) is 0.187. The number of hydrogen-bond acceptors (Lipinski definition) is 3. The summed E-state index contributed by atoms with van der Waals surface area (Å²) in [6, 6.07) is 34.6. The number of carbonyl (C=O) groups excluding carboxylic acids is 2. The Morgan fingerprint density at radius 1 is 0.825 bits per heavy atom. The van der Waals surface area contributed by atoms with Gasteiger partial charge >= 0.3 is 0 Å². The molecule has 1 N–H and O–H groups in total. The zero-order chi connectivity index (χ0) is 27.9. The summed E-state index contributed by atoms with van der Waals surface area (Å²) in [6.07, 6.45) is 0.748. The van der Waals surface area contributed by atoms with Gasteiger partial charge in [-0.1, -0.05) is 78.9 Å². The maximum Gasteiger partial charge on any atom is 0.246 e. The highest BCUT2D eigenvalue weighted by Crippen LogP contribution is 2.32. The third kappa shape index (κ3) is 6.40. The van der Waals surface area contributed by atoms with Crippen LogP contribution in [-0.4, -0.2) is 39.6 Å². The molecule has 0 fully saturated rings. The molecule has 1 heterocycles. The van der Waals surface area contributed by atoms with E-state index >= 15 is 0 Å². The van der Waals surface area contributed by atoms with Gasteiger partial charge in [0, 0.05) is 59.0 Å². The van der Waals surface area contributed by atoms with Gasteiger partial charge in [0.1, 0.15) is 6.04 Å². The number of hydrogen-bond donors (Lipinski definition) is 1. The van der Waals surface area contributed by atoms with Crippen LogP contribution in [-0.2, 0) is 29.1 Å². The highest BCUT2D eigenvalue weighted by molar-refractivity contribution is 7.99. The molecule has 0 saturated heterocycles. The van der Waals surface area contributed by atoms with Gasteiger partial charge in [-0.2, -0.15) is 0 Å². The Kier molecular flexibility index (Phi) is 8.87. The summed E-state index contributed by atoms with van der Waals surface area (Å²) < 4.78 is 2.33. The van der Waals surface area contributed by atoms with Crippen LogP contribution in [0.2, 0.25) is 0 Å². The number of amides is 2. The first-order valence-electron chi connectivity index (χ1n) is 13.8. The van der Waals surface area contributed by atoms with Gasteiger partial charge < -0.3 is 14.8 Å². The minimum atomic E-state index is -0.630. The monoisotopic (exact) mass is 549 g/mol. The highest BCUT2D eigenvalue weighted by Gasteiger charge is 2.26. The van der Waals surface area contributed by atoms with Crippen LogP contribution in [0.25, 0.3) is 21.8 Å². The molecule has 0 aliphatic rings. The van der Waals surface area contributed by atoms with Crippen LogP contribution in [0.3, 0.4) is 0 Å². The standard InChI is InChI=1S/C34H35N3O2S/c1-3-37-32-17-11-10-16-29(32)30-22-28(18-19-33(30)37)40-24-31(35-25(2)38)34(39)36(23-27-14-8-5-9-15-27)21-20-26-12-6-4-7-13-26/h4-19,22,31H,3,20-21,23-24H2,1-2H3,(H,35,38). The molecular weight excluding hydrogens is 514 g/mol. The molecule has 204 valence electrons. The molecule has 2 amide bonds. The molecule has 5 rings (SSSR count). The average molecular weight is 550 g/mol. The molecule has 0 spiro atoms. The third-order valence-electron chi connectivity index (χ3n) is 7.19. The van der Waals surface area contributed by atoms with Crippen molar-refractivity contribution in [1.29, 1.82) is 0 Å². The van der Waals surface area contributed by atoms with Crippen LogP contribution in [0.15, 0.2) is 108 Å². The lowest BCUT2D eigenvalue weighted by Crippen LogP contribution is -2.49. The summed E-state index contributed by atoms with van der Waals surface area (Å²) in [5, 5.41) is 5.37. The second-order valence-corrected chi connectivity index (χ2v) is 11.1. The lowest BCUT2D eigenvalue weighted by molar-refractivity contribution is -0.136. The predicted molar refractivity (Wildman–Crippen MR) is 165 cm³/mol. The molecule has 1 unspecified atom stereocenters. The van der Waals surface area contributed by atoms with Crippen LogP contribution in [0.1, 0.15) is 25.0 Å². The van der Waals surface area contributed by atoms with Crippen LogP contribution >= 0.6 is 11.8 Å². The van der Waals surface area contributed by atoms with Gasteiger partial charge in [-0.05, 0) is 48.7 Å². The van der Waals surface area contributed by atoms with Gasteiger partial charge in [-0.25, -0.2) is 0 Å². The predicted octanol–water partition coefficient (Wildman–Crippen LogP) is 6.68. The third-order valence-corrected chi connectivity index (χ3v) is 8.28. The van der Waals surface area contributed by atoms with E-state index in [1.54, 1.807) is 11.8 Å². The molecule has 0 saturated carbocycles. The van der Waals surface area contributed by atoms with Crippen LogP contribution in [0.5, 0.6) is 0 Å². The van der Waals surface area contributed by atoms with E-state index in [0.29, 0.717) is 18.8 Å². The number of benzene rings is 4. The molecule has 5 nitrogen and oxygen atoms in total. The first-order chi connectivity index (χ1) is 19.5. The van der Waals surface area contributed by atoms with Gasteiger partial charge in [0.15, 0.2) is 0 Å². The van der Waals surface area contributed by atoms with E-state index in [2.05, 4.69) is 71.4 Å². The summed E-state index contributed by atoms with van der Waals surface area (Å²) in [5.41, 5.74) is 4.68. The van der Waals surface area contributed by atoms with Gasteiger partial charge in [-0.15, -0.1) is 11.8 Å². The number of rotatable bonds is 11. The summed E-state index contributed by atoms with van der Waals surface area (Å²) in [5.74, 6) is 0.182. The molecule has 0 radical (unpaired) electrons. The highest BCUT2D eigenvalue weighted by atomic mass is 32.2. The molecule has 40 heavy (non-hydrogen) atoms. The summed E-state index contributed by atoms with van der Waals surface area (Å²) in [6.45, 7) is 5.60. The SMILES string of the molecule is CCn1c2ccccc2c2cc(SCC(NC(C)=O)C(=O)N(CCc3ccccc3)Cc3ccccc3)ccc21. The van der Waals surface area contributed by atoms with E-state index in [0.717, 1.165) is 23.4 Å². The molecule has 4 aromatic carbocycles. The second kappa shape index (κ2) is 12.9. The number of carbonyl (C=O) groups is 2. The second-order valence-electron chi connectivity index (χ2n) is 9.99. The van der Waals surface area contributed by atoms with Gasteiger partial charge in [0.05, 0.1) is 0 Å². The lowest BCUT2D eigenvalue weighted by atomic mass is 10.1. The van der Waals surface area contributed by atoms with Crippen molar-refractivity contribution in [1.82, 2.24) is 14.8 Å². The van der Waals surface area contributed by atoms with E-state index < -0.39 is 6.04 Å². The van der Waals surface area contributed by atoms with Crippen LogP contribution in [0.4, 0.5) is 0 Å². The number of aryl methyl sites for hydroxylation is 1. The Balaban J connectivity index is 1.37. The molecule has 0 aliphatic carbocycles. The van der Waals surface area contributed by atoms with E-state index in [1.807, 2.05) is 53.4 Å². The van der Waals surface area contributed by atoms with Crippen molar-refractivity contribution in [3.8, 4) is 0 Å². The molecule has 1 atom stereocenters. The smallest absolute Gasteiger partial charge is 0.246 e. The Morgan fingerprint density at radius 3 is 2.17 bits per heavy atom. The van der Waals surface area contributed by atoms with Crippen molar-refractivity contribution >= 4 is 45.4 Å². The first kappa shape index (κ1) is 27.5. The number of nitrogens with zero attached hydrogens (tertiary/aromatic N) is 2. The number of fused-ring (bicyclic) bond motifs is 3. The number of para-hydroxylation sites is 1. The van der Waals surface area contributed by atoms with E-state index in [-0.39, 0.29) is 11.8 Å². The van der Waals surface area contributed by atoms with Crippen molar-refractivity contribution < 1.29 is 9.59 Å². The lowest BCUT2D eigenvalue weighted by Gasteiger charge is -2.28. The van der Waals surface area contributed by atoms with E-state index in [1.165, 1.54) is 34.3 Å². The van der Waals surface area contributed by atoms with Crippen LogP contribution < -0.4 is 5.32 Å². The number of thioether (sulfide) groups is 1. The van der Waals surface area contributed by atoms with Gasteiger partial charge in [0.25, 0.3) is 0 Å². The largest absolute Gasteiger partial charge is 0.344 e. The zero-order valence-electron chi connectivity index (χ0n) is 23.0. The Bertz CT molecular complexity index is 1600. The molecular formula is C34H35N3O2S.